The molecule has 3 N–H and O–H groups in total. The Morgan fingerprint density at radius 2 is 1.76 bits per heavy atom. The van der Waals surface area contributed by atoms with Crippen molar-refractivity contribution < 1.29 is 58.3 Å². The highest BCUT2D eigenvalue weighted by Gasteiger charge is 2.51. The van der Waals surface area contributed by atoms with E-state index in [0.717, 1.165) is 4.90 Å². The third kappa shape index (κ3) is 10.3. The van der Waals surface area contributed by atoms with Gasteiger partial charge in [0.1, 0.15) is 35.7 Å². The van der Waals surface area contributed by atoms with Crippen molar-refractivity contribution >= 4 is 35.7 Å². The summed E-state index contributed by atoms with van der Waals surface area (Å²) in [5, 5.41) is 30.0. The van der Waals surface area contributed by atoms with Crippen LogP contribution in [-0.4, -0.2) is 99.7 Å². The first kappa shape index (κ1) is 40.0. The van der Waals surface area contributed by atoms with E-state index in [9.17, 15) is 44.1 Å². The largest absolute Gasteiger partial charge is 0.462 e. The van der Waals surface area contributed by atoms with Gasteiger partial charge >= 0.3 is 11.9 Å². The van der Waals surface area contributed by atoms with Crippen molar-refractivity contribution in [2.45, 2.75) is 122 Å². The van der Waals surface area contributed by atoms with Crippen LogP contribution in [0.5, 0.6) is 0 Å². The second kappa shape index (κ2) is 18.0. The van der Waals surface area contributed by atoms with Gasteiger partial charge in [-0.2, -0.15) is 0 Å². The van der Waals surface area contributed by atoms with Gasteiger partial charge in [0.15, 0.2) is 0 Å². The molecule has 3 aliphatic rings. The van der Waals surface area contributed by atoms with E-state index in [0.29, 0.717) is 63.2 Å². The number of esters is 2. The predicted molar refractivity (Wildman–Crippen MR) is 175 cm³/mol. The molecule has 0 aromatic heterocycles. The number of ether oxygens (including phenoxy) is 3. The molecule has 1 saturated carbocycles. The fourth-order valence-corrected chi connectivity index (χ4v) is 6.52. The zero-order chi connectivity index (χ0) is 36.4. The SMILES string of the molecule is C/C(C=O)=C\CC(=O)C[C@H](OC(=O)[C@@H]1CCCCN1C(=O)C(=O)[C@]1(O)OC=CC[C@H]1C)[C@H](C)C[C@H]1CC[C@H](OC(=O)C(C)(CO)CO)CC1. The maximum atomic E-state index is 13.7. The van der Waals surface area contributed by atoms with Crippen LogP contribution in [0.25, 0.3) is 0 Å². The smallest absolute Gasteiger partial charge is 0.329 e. The van der Waals surface area contributed by atoms with Gasteiger partial charge in [0.05, 0.1) is 19.5 Å². The summed E-state index contributed by atoms with van der Waals surface area (Å²) in [7, 11) is 0. The number of aliphatic hydroxyl groups is 3. The third-order valence-corrected chi connectivity index (χ3v) is 10.2. The number of rotatable bonds is 16. The summed E-state index contributed by atoms with van der Waals surface area (Å²) in [4.78, 5) is 78.1. The number of allylic oxidation sites excluding steroid dienone is 3. The monoisotopic (exact) mass is 691 g/mol. The van der Waals surface area contributed by atoms with Gasteiger partial charge in [-0.05, 0) is 95.1 Å². The summed E-state index contributed by atoms with van der Waals surface area (Å²) in [6, 6.07) is -1.08. The van der Waals surface area contributed by atoms with Crippen molar-refractivity contribution in [3.63, 3.8) is 0 Å². The minimum atomic E-state index is -2.34. The molecule has 0 spiro atoms. The molecule has 0 aromatic rings. The van der Waals surface area contributed by atoms with Gasteiger partial charge in [0.25, 0.3) is 17.5 Å². The summed E-state index contributed by atoms with van der Waals surface area (Å²) < 4.78 is 16.8. The van der Waals surface area contributed by atoms with E-state index < -0.39 is 66.1 Å². The minimum absolute atomic E-state index is 0.0177. The van der Waals surface area contributed by atoms with Crippen LogP contribution in [0.3, 0.4) is 0 Å². The Labute approximate surface area is 288 Å². The van der Waals surface area contributed by atoms with Gasteiger partial charge in [-0.1, -0.05) is 19.9 Å². The van der Waals surface area contributed by atoms with E-state index in [1.54, 1.807) is 19.9 Å². The Bertz CT molecular complexity index is 1260. The average molecular weight is 692 g/mol. The maximum Gasteiger partial charge on any atom is 0.329 e. The van der Waals surface area contributed by atoms with Crippen LogP contribution < -0.4 is 0 Å². The van der Waals surface area contributed by atoms with Crippen molar-refractivity contribution in [1.29, 1.82) is 0 Å². The summed E-state index contributed by atoms with van der Waals surface area (Å²) >= 11 is 0. The van der Waals surface area contributed by atoms with Gasteiger partial charge < -0.3 is 34.4 Å². The second-order valence-corrected chi connectivity index (χ2v) is 14.3. The summed E-state index contributed by atoms with van der Waals surface area (Å²) in [6.45, 7) is 5.55. The molecular weight excluding hydrogens is 638 g/mol. The minimum Gasteiger partial charge on any atom is -0.462 e. The van der Waals surface area contributed by atoms with E-state index >= 15 is 0 Å². The number of aldehydes is 1. The topological polar surface area (TPSA) is 194 Å². The molecule has 49 heavy (non-hydrogen) atoms. The lowest BCUT2D eigenvalue weighted by molar-refractivity contribution is -0.210. The molecule has 1 amide bonds. The van der Waals surface area contributed by atoms with Crippen molar-refractivity contribution in [1.82, 2.24) is 4.90 Å². The van der Waals surface area contributed by atoms with E-state index in [1.165, 1.54) is 19.3 Å². The molecular formula is C36H53NO12. The van der Waals surface area contributed by atoms with Gasteiger partial charge in [-0.15, -0.1) is 0 Å². The zero-order valence-electron chi connectivity index (χ0n) is 29.1. The maximum absolute atomic E-state index is 13.7. The standard InChI is InChI=1S/C36H53NO12/c1-23(20-38)10-13-27(41)19-30(24(2)18-26-11-14-28(15-12-26)48-34(45)35(4,21-39)22-40)49-33(44)29-9-5-6-16-37(29)32(43)31(42)36(46)25(3)8-7-17-47-36/h7,10,17,20,24-26,28-30,39-40,46H,5-6,8-9,11-16,18-19,21-22H2,1-4H3/b23-10+/t24-,25-,26-,28-,29+,30+,36-/m1/s1. The van der Waals surface area contributed by atoms with Crippen LogP contribution in [0.4, 0.5) is 0 Å². The molecule has 3 rings (SSSR count). The number of piperidine rings is 1. The first-order valence-corrected chi connectivity index (χ1v) is 17.4. The first-order chi connectivity index (χ1) is 23.2. The Hall–Kier alpha value is -3.42. The zero-order valence-corrected chi connectivity index (χ0v) is 29.1. The Kier molecular flexibility index (Phi) is 14.7. The van der Waals surface area contributed by atoms with Gasteiger partial charge in [-0.3, -0.25) is 24.0 Å². The normalized spacial score (nSPS) is 27.3. The van der Waals surface area contributed by atoms with Gasteiger partial charge in [0.2, 0.25) is 0 Å². The summed E-state index contributed by atoms with van der Waals surface area (Å²) in [5.41, 5.74) is -0.973. The Morgan fingerprint density at radius 1 is 1.08 bits per heavy atom. The number of carbonyl (C=O) groups excluding carboxylic acids is 6. The molecule has 13 heteroatoms. The highest BCUT2D eigenvalue weighted by molar-refractivity contribution is 6.39. The molecule has 1 saturated heterocycles. The summed E-state index contributed by atoms with van der Waals surface area (Å²) in [5.74, 6) is -6.93. The van der Waals surface area contributed by atoms with E-state index in [1.807, 2.05) is 6.92 Å². The van der Waals surface area contributed by atoms with Crippen molar-refractivity contribution in [3.8, 4) is 0 Å². The Morgan fingerprint density at radius 3 is 2.37 bits per heavy atom. The molecule has 2 aliphatic heterocycles. The molecule has 5 atom stereocenters. The lowest BCUT2D eigenvalue weighted by atomic mass is 9.80. The number of nitrogens with zero attached hydrogens (tertiary/aromatic N) is 1. The van der Waals surface area contributed by atoms with E-state index in [-0.39, 0.29) is 49.5 Å². The van der Waals surface area contributed by atoms with Crippen LogP contribution in [0.2, 0.25) is 0 Å². The summed E-state index contributed by atoms with van der Waals surface area (Å²) in [6.07, 6.45) is 8.57. The van der Waals surface area contributed by atoms with E-state index in [4.69, 9.17) is 14.2 Å². The predicted octanol–water partition coefficient (Wildman–Crippen LogP) is 2.72. The van der Waals surface area contributed by atoms with Crippen molar-refractivity contribution in [3.05, 3.63) is 24.0 Å². The van der Waals surface area contributed by atoms with Crippen LogP contribution in [0, 0.1) is 23.2 Å². The van der Waals surface area contributed by atoms with Gasteiger partial charge in [-0.25, -0.2) is 4.79 Å². The van der Waals surface area contributed by atoms with Crippen molar-refractivity contribution in [2.75, 3.05) is 19.8 Å². The van der Waals surface area contributed by atoms with Crippen LogP contribution in [0.15, 0.2) is 24.0 Å². The van der Waals surface area contributed by atoms with Crippen LogP contribution in [0.1, 0.15) is 98.3 Å². The molecule has 0 bridgehead atoms. The highest BCUT2D eigenvalue weighted by atomic mass is 16.6. The second-order valence-electron chi connectivity index (χ2n) is 14.3. The highest BCUT2D eigenvalue weighted by Crippen LogP contribution is 2.35. The van der Waals surface area contributed by atoms with Gasteiger partial charge in [0, 0.05) is 25.3 Å². The molecule has 0 unspecified atom stereocenters. The molecule has 0 aromatic carbocycles. The number of Topliss-reactive ketones (excluding diaryl/α,β-unsaturated/α-hetero) is 2. The number of aliphatic hydroxyl groups excluding tert-OH is 2. The molecule has 0 radical (unpaired) electrons. The Balaban J connectivity index is 1.71. The molecule has 1 aliphatic carbocycles. The molecule has 2 fully saturated rings. The molecule has 274 valence electrons. The third-order valence-electron chi connectivity index (χ3n) is 10.2. The lowest BCUT2D eigenvalue weighted by Crippen LogP contribution is -2.58. The number of carbonyl (C=O) groups is 6. The lowest BCUT2D eigenvalue weighted by Gasteiger charge is -2.38. The quantitative estimate of drug-likeness (QED) is 0.0929. The fraction of sp³-hybridized carbons (Fsp3) is 0.722. The number of ketones is 2. The first-order valence-electron chi connectivity index (χ1n) is 17.4. The number of hydrogen-bond acceptors (Lipinski definition) is 12. The number of amides is 1. The van der Waals surface area contributed by atoms with Crippen LogP contribution in [-0.2, 0) is 43.0 Å². The number of likely N-dealkylation sites (tertiary alicyclic amines) is 1. The van der Waals surface area contributed by atoms with Crippen LogP contribution >= 0.6 is 0 Å². The van der Waals surface area contributed by atoms with Crippen molar-refractivity contribution in [2.24, 2.45) is 23.2 Å². The molecule has 13 nitrogen and oxygen atoms in total. The average Bonchev–Trinajstić information content (AvgIpc) is 3.11. The molecule has 2 heterocycles. The number of hydrogen-bond donors (Lipinski definition) is 3. The van der Waals surface area contributed by atoms with E-state index in [2.05, 4.69) is 0 Å². The fourth-order valence-electron chi connectivity index (χ4n) is 6.52.